The van der Waals surface area contributed by atoms with Gasteiger partial charge in [-0.2, -0.15) is 0 Å². The summed E-state index contributed by atoms with van der Waals surface area (Å²) in [6.07, 6.45) is 0.961. The number of rotatable bonds is 6. The van der Waals surface area contributed by atoms with E-state index in [1.54, 1.807) is 0 Å². The molecule has 0 saturated heterocycles. The highest BCUT2D eigenvalue weighted by molar-refractivity contribution is 8.00. The highest BCUT2D eigenvalue weighted by Crippen LogP contribution is 2.29. The van der Waals surface area contributed by atoms with E-state index in [4.69, 9.17) is 4.42 Å². The van der Waals surface area contributed by atoms with Crippen LogP contribution in [0.2, 0.25) is 0 Å². The molecule has 128 valence electrons. The number of aryl methyl sites for hydroxylation is 2. The summed E-state index contributed by atoms with van der Waals surface area (Å²) in [4.78, 5) is 12.6. The predicted octanol–water partition coefficient (Wildman–Crippen LogP) is 4.97. The first kappa shape index (κ1) is 17.4. The molecule has 0 spiro atoms. The van der Waals surface area contributed by atoms with Crippen molar-refractivity contribution in [3.8, 4) is 11.5 Å². The molecule has 0 aliphatic heterocycles. The number of hydrogen-bond acceptors (Lipinski definition) is 5. The van der Waals surface area contributed by atoms with Crippen molar-refractivity contribution in [2.45, 2.75) is 37.7 Å². The van der Waals surface area contributed by atoms with Crippen molar-refractivity contribution in [1.29, 1.82) is 0 Å². The van der Waals surface area contributed by atoms with Gasteiger partial charge in [-0.25, -0.2) is 0 Å². The molecule has 0 aliphatic carbocycles. The zero-order chi connectivity index (χ0) is 17.8. The van der Waals surface area contributed by atoms with E-state index in [2.05, 4.69) is 17.1 Å². The molecule has 0 unspecified atom stereocenters. The van der Waals surface area contributed by atoms with Gasteiger partial charge in [-0.05, 0) is 37.5 Å². The first-order valence-electron chi connectivity index (χ1n) is 8.27. The van der Waals surface area contributed by atoms with Crippen molar-refractivity contribution < 1.29 is 9.21 Å². The SMILES string of the molecule is CCc1ccc(C(=O)[C@@H](C)Sc2nnc(-c3ccccc3C)o2)cc1. The summed E-state index contributed by atoms with van der Waals surface area (Å²) < 4.78 is 5.73. The third kappa shape index (κ3) is 3.99. The quantitative estimate of drug-likeness (QED) is 0.463. The van der Waals surface area contributed by atoms with Crippen LogP contribution in [-0.2, 0) is 6.42 Å². The maximum Gasteiger partial charge on any atom is 0.277 e. The van der Waals surface area contributed by atoms with Gasteiger partial charge in [0.15, 0.2) is 5.78 Å². The van der Waals surface area contributed by atoms with Crippen LogP contribution < -0.4 is 0 Å². The Hall–Kier alpha value is -2.40. The lowest BCUT2D eigenvalue weighted by atomic mass is 10.1. The standard InChI is InChI=1S/C20H20N2O2S/c1-4-15-9-11-16(12-10-15)18(23)14(3)25-20-22-21-19(24-20)17-8-6-5-7-13(17)2/h5-12,14H,4H2,1-3H3/t14-/m1/s1. The van der Waals surface area contributed by atoms with Crippen molar-refractivity contribution in [1.82, 2.24) is 10.2 Å². The summed E-state index contributed by atoms with van der Waals surface area (Å²) in [5.74, 6) is 0.538. The number of aromatic nitrogens is 2. The zero-order valence-electron chi connectivity index (χ0n) is 14.5. The van der Waals surface area contributed by atoms with Gasteiger partial charge in [-0.3, -0.25) is 4.79 Å². The number of thioether (sulfide) groups is 1. The lowest BCUT2D eigenvalue weighted by Crippen LogP contribution is -2.13. The first-order chi connectivity index (χ1) is 12.1. The Morgan fingerprint density at radius 3 is 2.52 bits per heavy atom. The summed E-state index contributed by atoms with van der Waals surface area (Å²) in [6, 6.07) is 15.6. The fraction of sp³-hybridized carbons (Fsp3) is 0.250. The molecule has 0 bridgehead atoms. The second-order valence-corrected chi connectivity index (χ2v) is 7.15. The van der Waals surface area contributed by atoms with Crippen molar-refractivity contribution in [3.63, 3.8) is 0 Å². The summed E-state index contributed by atoms with van der Waals surface area (Å²) in [6.45, 7) is 5.95. The van der Waals surface area contributed by atoms with Crippen LogP contribution in [0.1, 0.15) is 35.3 Å². The molecular weight excluding hydrogens is 332 g/mol. The van der Waals surface area contributed by atoms with E-state index in [-0.39, 0.29) is 11.0 Å². The molecule has 0 amide bonds. The van der Waals surface area contributed by atoms with Crippen molar-refractivity contribution in [3.05, 3.63) is 65.2 Å². The molecule has 4 nitrogen and oxygen atoms in total. The number of hydrogen-bond donors (Lipinski definition) is 0. The predicted molar refractivity (Wildman–Crippen MR) is 99.9 cm³/mol. The van der Waals surface area contributed by atoms with Gasteiger partial charge < -0.3 is 4.42 Å². The van der Waals surface area contributed by atoms with Gasteiger partial charge in [0, 0.05) is 11.1 Å². The number of carbonyl (C=O) groups is 1. The third-order valence-electron chi connectivity index (χ3n) is 4.08. The van der Waals surface area contributed by atoms with E-state index in [0.29, 0.717) is 16.7 Å². The molecule has 0 radical (unpaired) electrons. The summed E-state index contributed by atoms with van der Waals surface area (Å²) in [5.41, 5.74) is 3.91. The summed E-state index contributed by atoms with van der Waals surface area (Å²) in [7, 11) is 0. The fourth-order valence-electron chi connectivity index (χ4n) is 2.52. The minimum absolute atomic E-state index is 0.0586. The first-order valence-corrected chi connectivity index (χ1v) is 9.15. The Labute approximate surface area is 151 Å². The normalized spacial score (nSPS) is 12.1. The Morgan fingerprint density at radius 1 is 1.12 bits per heavy atom. The Bertz CT molecular complexity index is 871. The summed E-state index contributed by atoms with van der Waals surface area (Å²) >= 11 is 1.29. The molecule has 1 heterocycles. The van der Waals surface area contributed by atoms with E-state index in [9.17, 15) is 4.79 Å². The monoisotopic (exact) mass is 352 g/mol. The summed E-state index contributed by atoms with van der Waals surface area (Å²) in [5, 5.41) is 8.29. The average Bonchev–Trinajstić information content (AvgIpc) is 3.09. The van der Waals surface area contributed by atoms with Gasteiger partial charge in [0.2, 0.25) is 5.89 Å². The Balaban J connectivity index is 1.71. The van der Waals surface area contributed by atoms with Crippen LogP contribution in [0.25, 0.3) is 11.5 Å². The second kappa shape index (κ2) is 7.66. The smallest absolute Gasteiger partial charge is 0.277 e. The van der Waals surface area contributed by atoms with Gasteiger partial charge in [-0.15, -0.1) is 10.2 Å². The zero-order valence-corrected chi connectivity index (χ0v) is 15.3. The van der Waals surface area contributed by atoms with Crippen LogP contribution >= 0.6 is 11.8 Å². The fourth-order valence-corrected chi connectivity index (χ4v) is 3.28. The highest BCUT2D eigenvalue weighted by Gasteiger charge is 2.20. The van der Waals surface area contributed by atoms with Crippen LogP contribution in [0, 0.1) is 6.92 Å². The molecule has 0 fully saturated rings. The lowest BCUT2D eigenvalue weighted by molar-refractivity contribution is 0.0993. The molecule has 25 heavy (non-hydrogen) atoms. The largest absolute Gasteiger partial charge is 0.411 e. The maximum absolute atomic E-state index is 12.6. The van der Waals surface area contributed by atoms with Gasteiger partial charge in [-0.1, -0.05) is 61.2 Å². The van der Waals surface area contributed by atoms with E-state index in [1.807, 2.05) is 62.4 Å². The second-order valence-electron chi connectivity index (χ2n) is 5.86. The molecular formula is C20H20N2O2S. The minimum atomic E-state index is -0.294. The third-order valence-corrected chi connectivity index (χ3v) is 5.01. The average molecular weight is 352 g/mol. The van der Waals surface area contributed by atoms with Crippen molar-refractivity contribution in [2.75, 3.05) is 0 Å². The van der Waals surface area contributed by atoms with Crippen molar-refractivity contribution in [2.24, 2.45) is 0 Å². The Morgan fingerprint density at radius 2 is 1.84 bits per heavy atom. The molecule has 5 heteroatoms. The minimum Gasteiger partial charge on any atom is -0.411 e. The topological polar surface area (TPSA) is 56.0 Å². The van der Waals surface area contributed by atoms with Crippen LogP contribution in [-0.4, -0.2) is 21.2 Å². The van der Waals surface area contributed by atoms with Crippen LogP contribution in [0.5, 0.6) is 0 Å². The molecule has 0 aliphatic rings. The van der Waals surface area contributed by atoms with E-state index in [1.165, 1.54) is 17.3 Å². The lowest BCUT2D eigenvalue weighted by Gasteiger charge is -2.08. The van der Waals surface area contributed by atoms with Crippen LogP contribution in [0.3, 0.4) is 0 Å². The number of ketones is 1. The number of benzene rings is 2. The van der Waals surface area contributed by atoms with Crippen molar-refractivity contribution >= 4 is 17.5 Å². The van der Waals surface area contributed by atoms with Gasteiger partial charge in [0.1, 0.15) is 0 Å². The number of Topliss-reactive ketones (excluding diaryl/α,β-unsaturated/α-hetero) is 1. The maximum atomic E-state index is 12.6. The van der Waals surface area contributed by atoms with Gasteiger partial charge in [0.05, 0.1) is 5.25 Å². The molecule has 1 atom stereocenters. The number of carbonyl (C=O) groups excluding carboxylic acids is 1. The molecule has 0 saturated carbocycles. The Kier molecular flexibility index (Phi) is 5.34. The van der Waals surface area contributed by atoms with E-state index in [0.717, 1.165) is 17.5 Å². The van der Waals surface area contributed by atoms with E-state index >= 15 is 0 Å². The van der Waals surface area contributed by atoms with Gasteiger partial charge in [0.25, 0.3) is 5.22 Å². The van der Waals surface area contributed by atoms with Gasteiger partial charge >= 0.3 is 0 Å². The highest BCUT2D eigenvalue weighted by atomic mass is 32.2. The molecule has 3 rings (SSSR count). The van der Waals surface area contributed by atoms with Crippen LogP contribution in [0.15, 0.2) is 58.2 Å². The van der Waals surface area contributed by atoms with E-state index < -0.39 is 0 Å². The molecule has 1 aromatic heterocycles. The molecule has 0 N–H and O–H groups in total. The molecule has 3 aromatic rings. The number of nitrogens with zero attached hydrogens (tertiary/aromatic N) is 2. The molecule has 2 aromatic carbocycles. The van der Waals surface area contributed by atoms with Crippen LogP contribution in [0.4, 0.5) is 0 Å².